The molecule has 0 radical (unpaired) electrons. The molecule has 1 aliphatic carbocycles. The number of nitrogens with two attached hydrogens (primary N) is 1. The molecular formula is C29H33N4O5+. The van der Waals surface area contributed by atoms with Crippen molar-refractivity contribution in [1.29, 1.82) is 0 Å². The molecular weight excluding hydrogens is 484 g/mol. The average Bonchev–Trinajstić information content (AvgIpc) is 2.90. The molecule has 0 saturated heterocycles. The fourth-order valence-electron chi connectivity index (χ4n) is 4.41. The third-order valence-electron chi connectivity index (χ3n) is 6.48. The number of nitrogens with zero attached hydrogens (tertiary/aromatic N) is 2. The molecule has 1 heterocycles. The fourth-order valence-corrected chi connectivity index (χ4v) is 4.41. The zero-order chi connectivity index (χ0) is 27.4. The first kappa shape index (κ1) is 26.8. The van der Waals surface area contributed by atoms with Crippen LogP contribution >= 0.6 is 0 Å². The Kier molecular flexibility index (Phi) is 8.09. The summed E-state index contributed by atoms with van der Waals surface area (Å²) in [5.74, 6) is 4.30. The quantitative estimate of drug-likeness (QED) is 0.135. The summed E-state index contributed by atoms with van der Waals surface area (Å²) in [7, 11) is 7.78. The molecule has 9 heteroatoms. The third-order valence-corrected chi connectivity index (χ3v) is 6.48. The monoisotopic (exact) mass is 517 g/mol. The summed E-state index contributed by atoms with van der Waals surface area (Å²) in [4.78, 5) is 31.9. The number of carboxylic acids is 1. The molecule has 0 atom stereocenters. The zero-order valence-corrected chi connectivity index (χ0v) is 22.1. The van der Waals surface area contributed by atoms with Crippen LogP contribution in [-0.2, 0) is 4.84 Å². The average molecular weight is 518 g/mol. The summed E-state index contributed by atoms with van der Waals surface area (Å²) in [5, 5.41) is 14.7. The van der Waals surface area contributed by atoms with Crippen molar-refractivity contribution in [3.8, 4) is 22.5 Å². The number of rotatable bonds is 9. The van der Waals surface area contributed by atoms with Gasteiger partial charge < -0.3 is 24.6 Å². The Balaban J connectivity index is 1.94. The number of aromatic carboxylic acids is 1. The highest BCUT2D eigenvalue weighted by Crippen LogP contribution is 2.42. The number of hydrogen-bond donors (Lipinski definition) is 3. The SMILES string of the molecule is CN(C)c1ccc2c(-c3cc(C(=O)NCCCCON)ccc3C(=O)O)c3ccc(=[N+](C)C)cc-3oc2c1. The van der Waals surface area contributed by atoms with Crippen molar-refractivity contribution in [1.82, 2.24) is 9.89 Å². The number of hydrogen-bond acceptors (Lipinski definition) is 6. The van der Waals surface area contributed by atoms with Gasteiger partial charge in [-0.3, -0.25) is 4.79 Å². The number of nitrogens with one attached hydrogen (secondary N) is 1. The highest BCUT2D eigenvalue weighted by atomic mass is 16.6. The van der Waals surface area contributed by atoms with Crippen LogP contribution in [0.3, 0.4) is 0 Å². The lowest BCUT2D eigenvalue weighted by atomic mass is 9.89. The third kappa shape index (κ3) is 5.53. The lowest BCUT2D eigenvalue weighted by molar-refractivity contribution is 0.0697. The van der Waals surface area contributed by atoms with Gasteiger partial charge in [0, 0.05) is 60.5 Å². The van der Waals surface area contributed by atoms with Gasteiger partial charge in [0.1, 0.15) is 25.4 Å². The van der Waals surface area contributed by atoms with Crippen LogP contribution in [0.4, 0.5) is 5.69 Å². The van der Waals surface area contributed by atoms with Gasteiger partial charge in [0.2, 0.25) is 5.36 Å². The molecule has 0 fully saturated rings. The molecule has 1 aliphatic heterocycles. The fraction of sp³-hybridized carbons (Fsp3) is 0.276. The van der Waals surface area contributed by atoms with Crippen molar-refractivity contribution in [2.75, 3.05) is 46.2 Å². The van der Waals surface area contributed by atoms with Gasteiger partial charge in [0.25, 0.3) is 5.91 Å². The molecule has 2 aromatic rings. The maximum absolute atomic E-state index is 13.0. The van der Waals surface area contributed by atoms with E-state index >= 15 is 0 Å². The molecule has 0 aromatic heterocycles. The van der Waals surface area contributed by atoms with Crippen LogP contribution in [0, 0.1) is 0 Å². The van der Waals surface area contributed by atoms with Gasteiger partial charge >= 0.3 is 5.97 Å². The van der Waals surface area contributed by atoms with Crippen LogP contribution in [0.2, 0.25) is 0 Å². The Morgan fingerprint density at radius 3 is 2.50 bits per heavy atom. The van der Waals surface area contributed by atoms with Gasteiger partial charge in [-0.05, 0) is 54.8 Å². The van der Waals surface area contributed by atoms with Crippen LogP contribution in [-0.4, -0.2) is 58.3 Å². The molecule has 198 valence electrons. The largest absolute Gasteiger partial charge is 0.478 e. The normalized spacial score (nSPS) is 11.1. The second kappa shape index (κ2) is 11.5. The molecule has 0 bridgehead atoms. The van der Waals surface area contributed by atoms with E-state index < -0.39 is 5.97 Å². The summed E-state index contributed by atoms with van der Waals surface area (Å²) < 4.78 is 8.33. The second-order valence-electron chi connectivity index (χ2n) is 9.53. The zero-order valence-electron chi connectivity index (χ0n) is 22.1. The van der Waals surface area contributed by atoms with Crippen molar-refractivity contribution in [2.45, 2.75) is 12.8 Å². The maximum atomic E-state index is 13.0. The first-order chi connectivity index (χ1) is 18.2. The van der Waals surface area contributed by atoms with E-state index in [4.69, 9.17) is 10.3 Å². The minimum Gasteiger partial charge on any atom is -0.478 e. The highest BCUT2D eigenvalue weighted by Gasteiger charge is 2.23. The van der Waals surface area contributed by atoms with E-state index in [-0.39, 0.29) is 11.5 Å². The number of carboxylic acid groups (broad SMARTS) is 1. The number of carbonyl (C=O) groups is 2. The summed E-state index contributed by atoms with van der Waals surface area (Å²) in [5.41, 5.74) is 3.93. The molecule has 2 aromatic carbocycles. The minimum absolute atomic E-state index is 0.101. The Labute approximate surface area is 221 Å². The first-order valence-electron chi connectivity index (χ1n) is 12.4. The smallest absolute Gasteiger partial charge is 0.336 e. The van der Waals surface area contributed by atoms with Crippen molar-refractivity contribution < 1.29 is 24.0 Å². The van der Waals surface area contributed by atoms with Crippen LogP contribution in [0.1, 0.15) is 33.6 Å². The van der Waals surface area contributed by atoms with E-state index in [1.807, 2.05) is 74.1 Å². The number of fused-ring (bicyclic) bond motifs is 2. The minimum atomic E-state index is -1.08. The number of benzene rings is 3. The standard InChI is InChI=1S/C29H32N4O5/c1-32(2)19-8-11-22-25(16-19)38-26-17-20(33(3)4)9-12-23(26)27(22)24-15-18(7-10-21(24)29(35)36)28(34)31-13-5-6-14-37-30/h7-12,15-17H,5-6,13-14,30H2,1-4H3,(H-,31,34,35,36)/p+1. The van der Waals surface area contributed by atoms with Crippen LogP contribution < -0.4 is 26.0 Å². The topological polar surface area (TPSA) is 121 Å². The van der Waals surface area contributed by atoms with Crippen molar-refractivity contribution in [2.24, 2.45) is 5.90 Å². The lowest BCUT2D eigenvalue weighted by Crippen LogP contribution is -2.25. The molecule has 9 nitrogen and oxygen atoms in total. The molecule has 0 saturated carbocycles. The molecule has 4 rings (SSSR count). The van der Waals surface area contributed by atoms with Gasteiger partial charge in [-0.15, -0.1) is 0 Å². The molecule has 2 aliphatic rings. The molecule has 38 heavy (non-hydrogen) atoms. The van der Waals surface area contributed by atoms with E-state index in [1.54, 1.807) is 6.07 Å². The lowest BCUT2D eigenvalue weighted by Gasteiger charge is -2.19. The van der Waals surface area contributed by atoms with Crippen LogP contribution in [0.15, 0.2) is 59.0 Å². The summed E-state index contributed by atoms with van der Waals surface area (Å²) in [6.07, 6.45) is 1.43. The van der Waals surface area contributed by atoms with E-state index in [2.05, 4.69) is 10.2 Å². The number of unbranched alkanes of at least 4 members (excludes halogenated alkanes) is 1. The second-order valence-corrected chi connectivity index (χ2v) is 9.53. The summed E-state index contributed by atoms with van der Waals surface area (Å²) in [6.45, 7) is 0.868. The van der Waals surface area contributed by atoms with Gasteiger partial charge in [0.05, 0.1) is 18.2 Å². The van der Waals surface area contributed by atoms with Gasteiger partial charge in [-0.25, -0.2) is 15.3 Å². The Hall–Kier alpha value is -4.21. The molecule has 0 spiro atoms. The van der Waals surface area contributed by atoms with Gasteiger partial charge in [-0.1, -0.05) is 0 Å². The summed E-state index contributed by atoms with van der Waals surface area (Å²) in [6, 6.07) is 16.3. The van der Waals surface area contributed by atoms with Crippen molar-refractivity contribution >= 4 is 28.5 Å². The Morgan fingerprint density at radius 2 is 1.82 bits per heavy atom. The number of anilines is 1. The van der Waals surface area contributed by atoms with Crippen molar-refractivity contribution in [3.63, 3.8) is 0 Å². The Bertz CT molecular complexity index is 1540. The van der Waals surface area contributed by atoms with Crippen LogP contribution in [0.25, 0.3) is 33.4 Å². The van der Waals surface area contributed by atoms with E-state index in [1.165, 1.54) is 12.1 Å². The molecule has 0 unspecified atom stereocenters. The predicted molar refractivity (Wildman–Crippen MR) is 148 cm³/mol. The van der Waals surface area contributed by atoms with E-state index in [0.717, 1.165) is 28.4 Å². The summed E-state index contributed by atoms with van der Waals surface area (Å²) >= 11 is 0. The number of carbonyl (C=O) groups excluding carboxylic acids is 1. The van der Waals surface area contributed by atoms with E-state index in [9.17, 15) is 14.7 Å². The Morgan fingerprint density at radius 1 is 1.03 bits per heavy atom. The number of amides is 1. The van der Waals surface area contributed by atoms with Gasteiger partial charge in [0.15, 0.2) is 0 Å². The highest BCUT2D eigenvalue weighted by molar-refractivity contribution is 6.09. The van der Waals surface area contributed by atoms with Crippen molar-refractivity contribution in [3.05, 3.63) is 71.1 Å². The van der Waals surface area contributed by atoms with Crippen LogP contribution in [0.5, 0.6) is 0 Å². The molecule has 4 N–H and O–H groups in total. The van der Waals surface area contributed by atoms with Gasteiger partial charge in [-0.2, -0.15) is 0 Å². The molecule has 1 amide bonds. The maximum Gasteiger partial charge on any atom is 0.336 e. The van der Waals surface area contributed by atoms with E-state index in [0.29, 0.717) is 47.6 Å². The first-order valence-corrected chi connectivity index (χ1v) is 12.4. The predicted octanol–water partition coefficient (Wildman–Crippen LogP) is 3.40.